The summed E-state index contributed by atoms with van der Waals surface area (Å²) in [5.41, 5.74) is 16.5. The van der Waals surface area contributed by atoms with Crippen LogP contribution in [0.3, 0.4) is 0 Å². The number of nitrogens with one attached hydrogen (secondary N) is 5. The van der Waals surface area contributed by atoms with Crippen LogP contribution in [0.15, 0.2) is 95.5 Å². The number of aryl methyl sites for hydroxylation is 2. The Hall–Kier alpha value is -8.67. The number of carbonyl (C=O) groups is 6. The lowest BCUT2D eigenvalue weighted by molar-refractivity contribution is -0.144. The first-order chi connectivity index (χ1) is 32.8. The molecular formula is C44H49N15O9. The number of carboxylic acid groups (broad SMARTS) is 2. The van der Waals surface area contributed by atoms with Gasteiger partial charge in [0.05, 0.1) is 42.4 Å². The number of carbonyl (C=O) groups excluding carboxylic acids is 4. The zero-order valence-electron chi connectivity index (χ0n) is 36.5. The van der Waals surface area contributed by atoms with Gasteiger partial charge in [0.2, 0.25) is 35.5 Å². The number of aromatic nitrogens is 7. The van der Waals surface area contributed by atoms with Crippen molar-refractivity contribution in [2.45, 2.75) is 70.7 Å². The topological polar surface area (TPSA) is 362 Å². The number of nitrogen functional groups attached to an aromatic ring is 1. The molecule has 3 heterocycles. The zero-order chi connectivity index (χ0) is 48.4. The Kier molecular flexibility index (Phi) is 17.2. The predicted octanol–water partition coefficient (Wildman–Crippen LogP) is 3.53. The molecule has 24 nitrogen and oxygen atoms in total. The van der Waals surface area contributed by atoms with E-state index in [4.69, 9.17) is 21.3 Å². The minimum Gasteiger partial charge on any atom is -0.481 e. The molecule has 0 aliphatic carbocycles. The number of amides is 4. The van der Waals surface area contributed by atoms with Crippen molar-refractivity contribution in [2.24, 2.45) is 21.9 Å². The van der Waals surface area contributed by atoms with Gasteiger partial charge in [0.25, 0.3) is 0 Å². The van der Waals surface area contributed by atoms with E-state index in [2.05, 4.69) is 61.7 Å². The fraction of sp³-hybridized carbons (Fsp3) is 0.295. The molecule has 11 N–H and O–H groups in total. The summed E-state index contributed by atoms with van der Waals surface area (Å²) in [6.07, 6.45) is 3.91. The number of nitrogens with zero attached hydrogens (tertiary/aromatic N) is 8. The van der Waals surface area contributed by atoms with Crippen molar-refractivity contribution in [1.82, 2.24) is 45.6 Å². The normalized spacial score (nSPS) is 12.0. The Morgan fingerprint density at radius 3 is 2.07 bits per heavy atom. The maximum atomic E-state index is 12.5. The maximum Gasteiger partial charge on any atom is 0.320 e. The van der Waals surface area contributed by atoms with Gasteiger partial charge < -0.3 is 52.7 Å². The van der Waals surface area contributed by atoms with E-state index >= 15 is 0 Å². The number of ether oxygens (including phenoxy) is 1. The third-order valence-corrected chi connectivity index (χ3v) is 10.1. The minimum atomic E-state index is -1.29. The maximum absolute atomic E-state index is 12.5. The molecule has 4 amide bonds. The number of aliphatic carboxylic acids is 2. The Morgan fingerprint density at radius 2 is 1.41 bits per heavy atom. The van der Waals surface area contributed by atoms with Crippen molar-refractivity contribution in [2.75, 3.05) is 22.9 Å². The summed E-state index contributed by atoms with van der Waals surface area (Å²) in [6, 6.07) is 19.4. The molecule has 0 saturated heterocycles. The highest BCUT2D eigenvalue weighted by Crippen LogP contribution is 2.24. The van der Waals surface area contributed by atoms with Crippen molar-refractivity contribution in [3.05, 3.63) is 102 Å². The summed E-state index contributed by atoms with van der Waals surface area (Å²) in [7, 11) is 0. The summed E-state index contributed by atoms with van der Waals surface area (Å²) in [5, 5.41) is 45.7. The van der Waals surface area contributed by atoms with Crippen molar-refractivity contribution < 1.29 is 43.7 Å². The lowest BCUT2D eigenvalue weighted by Crippen LogP contribution is -2.34. The van der Waals surface area contributed by atoms with Crippen molar-refractivity contribution in [3.63, 3.8) is 0 Å². The van der Waals surface area contributed by atoms with Crippen molar-refractivity contribution >= 4 is 75.4 Å². The Bertz CT molecular complexity index is 2720. The highest BCUT2D eigenvalue weighted by Gasteiger charge is 2.24. The quantitative estimate of drug-likeness (QED) is 0.0371. The molecule has 0 unspecified atom stereocenters. The minimum absolute atomic E-state index is 0.0397. The van der Waals surface area contributed by atoms with Gasteiger partial charge in [-0.2, -0.15) is 20.2 Å². The second-order valence-corrected chi connectivity index (χ2v) is 15.4. The van der Waals surface area contributed by atoms with Crippen LogP contribution in [-0.2, 0) is 54.9 Å². The number of azo groups is 1. The second kappa shape index (κ2) is 24.0. The molecule has 6 aromatic rings. The first kappa shape index (κ1) is 48.8. The van der Waals surface area contributed by atoms with Gasteiger partial charge >= 0.3 is 11.9 Å². The van der Waals surface area contributed by atoms with Gasteiger partial charge in [-0.3, -0.25) is 33.4 Å². The number of hydrogen-bond acceptors (Lipinski definition) is 16. The number of carboxylic acids is 2. The second-order valence-electron chi connectivity index (χ2n) is 15.4. The number of H-pyrrole nitrogens is 1. The molecule has 0 saturated carbocycles. The number of nitrogens with two attached hydrogens (primary N) is 2. The van der Waals surface area contributed by atoms with Gasteiger partial charge in [-0.15, -0.1) is 5.10 Å². The van der Waals surface area contributed by atoms with Crippen LogP contribution in [0, 0.1) is 5.92 Å². The van der Waals surface area contributed by atoms with Gasteiger partial charge in [0.15, 0.2) is 11.2 Å². The monoisotopic (exact) mass is 931 g/mol. The number of aromatic amines is 1. The first-order valence-corrected chi connectivity index (χ1v) is 21.3. The van der Waals surface area contributed by atoms with Crippen molar-refractivity contribution in [1.29, 1.82) is 0 Å². The van der Waals surface area contributed by atoms with Crippen LogP contribution in [0.25, 0.3) is 11.2 Å². The van der Waals surface area contributed by atoms with Crippen LogP contribution in [-0.4, -0.2) is 93.3 Å². The molecule has 24 heteroatoms. The summed E-state index contributed by atoms with van der Waals surface area (Å²) in [5.74, 6) is -4.35. The smallest absolute Gasteiger partial charge is 0.320 e. The molecule has 0 spiro atoms. The molecule has 354 valence electrons. The SMILES string of the molecule is Nc1nc(OCc2ccc(CNC(=O)CCc3cn(CCC(=O)NCC(=O)Nc4ccc(/N=N/c5ccc(NC(=O)CCC[C@@H](C[C@H](N)C(=O)O)C(=O)O)cc5)cc4)nn3)cc2)c2nc[nH]c2n1. The Labute approximate surface area is 387 Å². The Morgan fingerprint density at radius 1 is 0.765 bits per heavy atom. The molecule has 2 atom stereocenters. The number of rotatable bonds is 25. The molecule has 3 aromatic carbocycles. The third-order valence-electron chi connectivity index (χ3n) is 10.1. The van der Waals surface area contributed by atoms with E-state index < -0.39 is 29.8 Å². The Balaban J connectivity index is 0.816. The van der Waals surface area contributed by atoms with E-state index in [1.807, 2.05) is 24.3 Å². The highest BCUT2D eigenvalue weighted by atomic mass is 16.5. The van der Waals surface area contributed by atoms with Crippen LogP contribution < -0.4 is 37.5 Å². The molecule has 0 radical (unpaired) electrons. The molecule has 0 fully saturated rings. The fourth-order valence-corrected chi connectivity index (χ4v) is 6.43. The standard InChI is InChI=1S/C44H49N15O9/c45-34(43(66)67)20-28(42(64)65)2-1-3-37(62)51-29-8-12-31(13-9-29)55-56-32-14-10-30(11-15-32)52-38(63)22-48-36(61)18-19-59-23-33(57-58-59)16-17-35(60)47-21-26-4-6-27(7-5-26)24-68-41-39-40(50-25-49-39)53-44(46)54-41/h4-15,23,25,28,34H,1-3,16-22,24,45H2,(H,47,60)(H,48,61)(H,51,62)(H,52,63)(H,64,65)(H,66,67)(H3,46,49,50,53,54)/b56-55+/t28-,34-/m0/s1. The molecular weight excluding hydrogens is 883 g/mol. The lowest BCUT2D eigenvalue weighted by Gasteiger charge is -2.14. The van der Waals surface area contributed by atoms with Crippen LogP contribution in [0.2, 0.25) is 0 Å². The molecule has 0 bridgehead atoms. The summed E-state index contributed by atoms with van der Waals surface area (Å²) < 4.78 is 7.31. The van der Waals surface area contributed by atoms with Gasteiger partial charge in [-0.1, -0.05) is 29.5 Å². The number of benzene rings is 3. The number of hydrogen-bond donors (Lipinski definition) is 9. The van der Waals surface area contributed by atoms with E-state index in [-0.39, 0.29) is 87.8 Å². The highest BCUT2D eigenvalue weighted by molar-refractivity contribution is 5.94. The molecule has 68 heavy (non-hydrogen) atoms. The summed E-state index contributed by atoms with van der Waals surface area (Å²) in [4.78, 5) is 87.5. The van der Waals surface area contributed by atoms with E-state index in [9.17, 15) is 33.9 Å². The molecule has 3 aromatic heterocycles. The number of imidazole rings is 1. The van der Waals surface area contributed by atoms with E-state index in [1.54, 1.807) is 54.7 Å². The van der Waals surface area contributed by atoms with Crippen LogP contribution in [0.1, 0.15) is 55.3 Å². The van der Waals surface area contributed by atoms with Gasteiger partial charge in [-0.05, 0) is 78.9 Å². The molecule has 0 aliphatic heterocycles. The van der Waals surface area contributed by atoms with E-state index in [0.29, 0.717) is 52.6 Å². The average molecular weight is 932 g/mol. The average Bonchev–Trinajstić information content (AvgIpc) is 4.00. The molecule has 0 aliphatic rings. The molecule has 6 rings (SSSR count). The predicted molar refractivity (Wildman–Crippen MR) is 244 cm³/mol. The lowest BCUT2D eigenvalue weighted by atomic mass is 9.94. The van der Waals surface area contributed by atoms with Crippen molar-refractivity contribution in [3.8, 4) is 5.88 Å². The van der Waals surface area contributed by atoms with Crippen LogP contribution in [0.5, 0.6) is 5.88 Å². The summed E-state index contributed by atoms with van der Waals surface area (Å²) >= 11 is 0. The van der Waals surface area contributed by atoms with Gasteiger partial charge in [-0.25, -0.2) is 4.98 Å². The number of anilines is 3. The largest absolute Gasteiger partial charge is 0.481 e. The fourth-order valence-electron chi connectivity index (χ4n) is 6.43. The first-order valence-electron chi connectivity index (χ1n) is 21.3. The van der Waals surface area contributed by atoms with Crippen LogP contribution >= 0.6 is 0 Å². The third kappa shape index (κ3) is 15.5. The number of fused-ring (bicyclic) bond motifs is 1. The van der Waals surface area contributed by atoms with Gasteiger partial charge in [0.1, 0.15) is 12.6 Å². The van der Waals surface area contributed by atoms with E-state index in [0.717, 1.165) is 11.1 Å². The summed E-state index contributed by atoms with van der Waals surface area (Å²) in [6.45, 7) is 0.545. The zero-order valence-corrected chi connectivity index (χ0v) is 36.5. The van der Waals surface area contributed by atoms with E-state index in [1.165, 1.54) is 11.0 Å². The van der Waals surface area contributed by atoms with Gasteiger partial charge in [0, 0.05) is 49.8 Å². The van der Waals surface area contributed by atoms with Crippen LogP contribution in [0.4, 0.5) is 28.7 Å².